The number of alkyl halides is 1. The highest BCUT2D eigenvalue weighted by Gasteiger charge is 2.16. The van der Waals surface area contributed by atoms with Crippen LogP contribution in [0.1, 0.15) is 18.0 Å². The summed E-state index contributed by atoms with van der Waals surface area (Å²) in [6.45, 7) is -0.619. The van der Waals surface area contributed by atoms with Gasteiger partial charge in [-0.3, -0.25) is 14.5 Å². The fraction of sp³-hybridized carbons (Fsp3) is 0.333. The maximum atomic E-state index is 12.9. The molecule has 0 aliphatic heterocycles. The average Bonchev–Trinajstić information content (AvgIpc) is 2.18. The Labute approximate surface area is 84.9 Å². The van der Waals surface area contributed by atoms with Gasteiger partial charge in [0.15, 0.2) is 0 Å². The zero-order valence-electron chi connectivity index (χ0n) is 7.82. The quantitative estimate of drug-likeness (QED) is 0.618. The second-order valence-corrected chi connectivity index (χ2v) is 3.05. The summed E-state index contributed by atoms with van der Waals surface area (Å²) in [7, 11) is 0. The van der Waals surface area contributed by atoms with Crippen LogP contribution in [0.5, 0.6) is 0 Å². The van der Waals surface area contributed by atoms with E-state index in [0.29, 0.717) is 5.56 Å². The lowest BCUT2D eigenvalue weighted by Crippen LogP contribution is -2.11. The van der Waals surface area contributed by atoms with E-state index in [9.17, 15) is 18.9 Å². The third-order valence-corrected chi connectivity index (χ3v) is 2.02. The third-order valence-electron chi connectivity index (χ3n) is 2.02. The summed E-state index contributed by atoms with van der Waals surface area (Å²) in [5.41, 5.74) is 5.26. The fourth-order valence-corrected chi connectivity index (χ4v) is 1.18. The van der Waals surface area contributed by atoms with E-state index in [0.717, 1.165) is 12.1 Å². The van der Waals surface area contributed by atoms with Gasteiger partial charge in [-0.05, 0) is 18.1 Å². The first kappa shape index (κ1) is 11.5. The first-order valence-corrected chi connectivity index (χ1v) is 4.31. The highest BCUT2D eigenvalue weighted by molar-refractivity contribution is 5.37. The Hall–Kier alpha value is -1.56. The Balaban J connectivity index is 3.02. The van der Waals surface area contributed by atoms with Crippen LogP contribution in [0.15, 0.2) is 18.2 Å². The molecule has 15 heavy (non-hydrogen) atoms. The van der Waals surface area contributed by atoms with Crippen molar-refractivity contribution in [1.82, 2.24) is 0 Å². The molecule has 0 saturated heterocycles. The molecule has 1 aromatic rings. The number of nitro benzene ring substituents is 1. The van der Waals surface area contributed by atoms with Gasteiger partial charge in [0.1, 0.15) is 0 Å². The Bertz CT molecular complexity index is 371. The smallest absolute Gasteiger partial charge is 0.305 e. The molecule has 0 aromatic heterocycles. The third kappa shape index (κ3) is 2.69. The molecular formula is C9H10F2N2O2. The molecule has 0 heterocycles. The Morgan fingerprint density at radius 3 is 2.73 bits per heavy atom. The van der Waals surface area contributed by atoms with E-state index in [1.165, 1.54) is 6.07 Å². The van der Waals surface area contributed by atoms with Crippen LogP contribution in [0.25, 0.3) is 0 Å². The van der Waals surface area contributed by atoms with E-state index < -0.39 is 29.1 Å². The molecular weight excluding hydrogens is 206 g/mol. The van der Waals surface area contributed by atoms with Gasteiger partial charge >= 0.3 is 5.69 Å². The van der Waals surface area contributed by atoms with Crippen LogP contribution in [0.2, 0.25) is 0 Å². The zero-order chi connectivity index (χ0) is 11.4. The van der Waals surface area contributed by atoms with Gasteiger partial charge in [0.25, 0.3) is 0 Å². The Kier molecular flexibility index (Phi) is 3.68. The number of nitrogens with zero attached hydrogens (tertiary/aromatic N) is 1. The topological polar surface area (TPSA) is 69.2 Å². The minimum Gasteiger partial charge on any atom is -0.324 e. The fourth-order valence-electron chi connectivity index (χ4n) is 1.18. The first-order chi connectivity index (χ1) is 7.06. The highest BCUT2D eigenvalue weighted by Crippen LogP contribution is 2.23. The van der Waals surface area contributed by atoms with Crippen molar-refractivity contribution in [3.63, 3.8) is 0 Å². The van der Waals surface area contributed by atoms with Crippen LogP contribution in [0.3, 0.4) is 0 Å². The zero-order valence-corrected chi connectivity index (χ0v) is 7.82. The molecule has 1 atom stereocenters. The summed E-state index contributed by atoms with van der Waals surface area (Å²) < 4.78 is 24.9. The van der Waals surface area contributed by atoms with Gasteiger partial charge in [-0.2, -0.15) is 4.39 Å². The largest absolute Gasteiger partial charge is 0.324 e. The molecule has 0 aliphatic rings. The van der Waals surface area contributed by atoms with Crippen LogP contribution in [-0.2, 0) is 0 Å². The number of rotatable bonds is 4. The minimum absolute atomic E-state index is 0.0583. The Morgan fingerprint density at radius 2 is 2.20 bits per heavy atom. The average molecular weight is 216 g/mol. The van der Waals surface area contributed by atoms with Gasteiger partial charge in [-0.25, -0.2) is 0 Å². The van der Waals surface area contributed by atoms with E-state index in [1.807, 2.05) is 0 Å². The molecule has 0 aliphatic carbocycles. The van der Waals surface area contributed by atoms with Crippen molar-refractivity contribution in [1.29, 1.82) is 0 Å². The van der Waals surface area contributed by atoms with Crippen LogP contribution < -0.4 is 5.73 Å². The predicted molar refractivity (Wildman–Crippen MR) is 50.6 cm³/mol. The lowest BCUT2D eigenvalue weighted by atomic mass is 10.0. The minimum atomic E-state index is -0.920. The van der Waals surface area contributed by atoms with E-state index in [1.54, 1.807) is 0 Å². The first-order valence-electron chi connectivity index (χ1n) is 4.31. The molecule has 4 nitrogen and oxygen atoms in total. The van der Waals surface area contributed by atoms with Crippen molar-refractivity contribution in [2.45, 2.75) is 12.5 Å². The van der Waals surface area contributed by atoms with Crippen molar-refractivity contribution < 1.29 is 13.7 Å². The van der Waals surface area contributed by atoms with Crippen LogP contribution in [0.4, 0.5) is 14.5 Å². The molecule has 6 heteroatoms. The van der Waals surface area contributed by atoms with Crippen molar-refractivity contribution >= 4 is 5.69 Å². The maximum Gasteiger partial charge on any atom is 0.305 e. The highest BCUT2D eigenvalue weighted by atomic mass is 19.1. The lowest BCUT2D eigenvalue weighted by Gasteiger charge is -2.09. The summed E-state index contributed by atoms with van der Waals surface area (Å²) in [6.07, 6.45) is 0.0583. The van der Waals surface area contributed by atoms with E-state index in [4.69, 9.17) is 5.73 Å². The van der Waals surface area contributed by atoms with Gasteiger partial charge < -0.3 is 5.73 Å². The van der Waals surface area contributed by atoms with Crippen molar-refractivity contribution in [2.75, 3.05) is 6.67 Å². The van der Waals surface area contributed by atoms with Gasteiger partial charge in [-0.15, -0.1) is 0 Å². The van der Waals surface area contributed by atoms with Gasteiger partial charge in [0, 0.05) is 12.1 Å². The summed E-state index contributed by atoms with van der Waals surface area (Å²) in [4.78, 5) is 9.57. The molecule has 0 saturated carbocycles. The maximum absolute atomic E-state index is 12.9. The predicted octanol–water partition coefficient (Wildman–Crippen LogP) is 2.09. The summed E-state index contributed by atoms with van der Waals surface area (Å²) >= 11 is 0. The standard InChI is InChI=1S/C9H10F2N2O2/c10-4-3-8(12)6-1-2-7(11)9(5-6)13(14)15/h1-2,5,8H,3-4,12H2/t8-/m0/s1. The molecule has 0 bridgehead atoms. The second-order valence-electron chi connectivity index (χ2n) is 3.05. The number of benzene rings is 1. The summed E-state index contributed by atoms with van der Waals surface area (Å²) in [6, 6.07) is 2.68. The molecule has 0 unspecified atom stereocenters. The summed E-state index contributed by atoms with van der Waals surface area (Å²) in [5.74, 6) is -0.920. The molecule has 0 amide bonds. The second kappa shape index (κ2) is 4.79. The number of hydrogen-bond donors (Lipinski definition) is 1. The van der Waals surface area contributed by atoms with E-state index >= 15 is 0 Å². The van der Waals surface area contributed by atoms with Gasteiger partial charge in [0.05, 0.1) is 11.6 Å². The number of hydrogen-bond acceptors (Lipinski definition) is 3. The van der Waals surface area contributed by atoms with Gasteiger partial charge in [0.2, 0.25) is 5.82 Å². The molecule has 82 valence electrons. The normalized spacial score (nSPS) is 12.5. The molecule has 1 rings (SSSR count). The van der Waals surface area contributed by atoms with E-state index in [-0.39, 0.29) is 6.42 Å². The molecule has 2 N–H and O–H groups in total. The van der Waals surface area contributed by atoms with Gasteiger partial charge in [-0.1, -0.05) is 6.07 Å². The number of halogens is 2. The van der Waals surface area contributed by atoms with Crippen LogP contribution in [0, 0.1) is 15.9 Å². The summed E-state index contributed by atoms with van der Waals surface area (Å²) in [5, 5.41) is 10.4. The molecule has 0 fully saturated rings. The van der Waals surface area contributed by atoms with Crippen LogP contribution in [-0.4, -0.2) is 11.6 Å². The van der Waals surface area contributed by atoms with Crippen LogP contribution >= 0.6 is 0 Å². The molecule has 0 radical (unpaired) electrons. The van der Waals surface area contributed by atoms with Crippen molar-refractivity contribution in [3.8, 4) is 0 Å². The van der Waals surface area contributed by atoms with Crippen molar-refractivity contribution in [2.24, 2.45) is 5.73 Å². The molecule has 1 aromatic carbocycles. The SMILES string of the molecule is N[C@@H](CCF)c1ccc(F)c([N+](=O)[O-])c1. The van der Waals surface area contributed by atoms with E-state index in [2.05, 4.69) is 0 Å². The van der Waals surface area contributed by atoms with Crippen molar-refractivity contribution in [3.05, 3.63) is 39.7 Å². The number of nitro groups is 1. The lowest BCUT2D eigenvalue weighted by molar-refractivity contribution is -0.387. The molecule has 0 spiro atoms. The number of nitrogens with two attached hydrogens (primary N) is 1. The monoisotopic (exact) mass is 216 g/mol. The Morgan fingerprint density at radius 1 is 1.53 bits per heavy atom.